The number of nitrogens with one attached hydrogen (secondary N) is 3. The van der Waals surface area contributed by atoms with Crippen LogP contribution in [0, 0.1) is 0 Å². The Labute approximate surface area is 191 Å². The predicted octanol–water partition coefficient (Wildman–Crippen LogP) is 1.96. The molecule has 0 saturated carbocycles. The second-order valence-corrected chi connectivity index (χ2v) is 9.12. The smallest absolute Gasteiger partial charge is 0.225 e. The number of carbonyl (C=O) groups is 1. The SMILES string of the molecule is CCNC(=NCC1CC(=O)Nc2ccccc21)NCCCN(C)S(=O)(=O)CC.I. The highest BCUT2D eigenvalue weighted by Crippen LogP contribution is 2.31. The van der Waals surface area contributed by atoms with E-state index in [1.54, 1.807) is 14.0 Å². The van der Waals surface area contributed by atoms with Crippen LogP contribution in [0.15, 0.2) is 29.3 Å². The Hall–Kier alpha value is -1.40. The second-order valence-electron chi connectivity index (χ2n) is 6.76. The number of aliphatic imine (C=N–C) groups is 1. The maximum Gasteiger partial charge on any atom is 0.225 e. The van der Waals surface area contributed by atoms with E-state index in [1.165, 1.54) is 4.31 Å². The van der Waals surface area contributed by atoms with Gasteiger partial charge < -0.3 is 16.0 Å². The van der Waals surface area contributed by atoms with Gasteiger partial charge in [-0.1, -0.05) is 18.2 Å². The number of benzene rings is 1. The Kier molecular flexibility index (Phi) is 10.9. The lowest BCUT2D eigenvalue weighted by molar-refractivity contribution is -0.116. The van der Waals surface area contributed by atoms with Crippen molar-refractivity contribution in [3.05, 3.63) is 29.8 Å². The number of hydrogen-bond donors (Lipinski definition) is 3. The number of sulfonamides is 1. The van der Waals surface area contributed by atoms with Crippen LogP contribution in [0.3, 0.4) is 0 Å². The summed E-state index contributed by atoms with van der Waals surface area (Å²) < 4.78 is 24.9. The van der Waals surface area contributed by atoms with Crippen molar-refractivity contribution in [3.8, 4) is 0 Å². The first kappa shape index (κ1) is 25.6. The Balaban J connectivity index is 0.00000420. The standard InChI is InChI=1S/C19H31N5O3S.HI/c1-4-20-19(21-11-8-12-24(3)28(26,27)5-2)22-14-15-13-18(25)23-17-10-7-6-9-16(15)17;/h6-7,9-10,15H,4-5,8,11-14H2,1-3H3,(H,23,25)(H2,20,21,22);1H. The lowest BCUT2D eigenvalue weighted by atomic mass is 9.91. The van der Waals surface area contributed by atoms with Crippen LogP contribution in [0.5, 0.6) is 0 Å². The fourth-order valence-electron chi connectivity index (χ4n) is 3.08. The summed E-state index contributed by atoms with van der Waals surface area (Å²) in [7, 11) is -1.54. The Morgan fingerprint density at radius 2 is 2.00 bits per heavy atom. The van der Waals surface area contributed by atoms with E-state index in [0.29, 0.717) is 38.4 Å². The van der Waals surface area contributed by atoms with Crippen molar-refractivity contribution in [2.45, 2.75) is 32.6 Å². The van der Waals surface area contributed by atoms with Gasteiger partial charge in [-0.05, 0) is 31.9 Å². The highest BCUT2D eigenvalue weighted by molar-refractivity contribution is 14.0. The number of anilines is 1. The van der Waals surface area contributed by atoms with Gasteiger partial charge in [0.05, 0.1) is 12.3 Å². The molecule has 0 aromatic heterocycles. The van der Waals surface area contributed by atoms with Crippen LogP contribution in [0.25, 0.3) is 0 Å². The molecule has 8 nitrogen and oxygen atoms in total. The molecule has 0 aliphatic carbocycles. The van der Waals surface area contributed by atoms with Crippen molar-refractivity contribution in [2.24, 2.45) is 4.99 Å². The van der Waals surface area contributed by atoms with Crippen molar-refractivity contribution in [1.82, 2.24) is 14.9 Å². The molecule has 2 rings (SSSR count). The summed E-state index contributed by atoms with van der Waals surface area (Å²) in [6, 6.07) is 7.82. The van der Waals surface area contributed by atoms with Gasteiger partial charge in [-0.15, -0.1) is 24.0 Å². The van der Waals surface area contributed by atoms with Gasteiger partial charge >= 0.3 is 0 Å². The van der Waals surface area contributed by atoms with Crippen LogP contribution >= 0.6 is 24.0 Å². The molecule has 10 heteroatoms. The van der Waals surface area contributed by atoms with Gasteiger partial charge in [0.25, 0.3) is 0 Å². The average Bonchev–Trinajstić information content (AvgIpc) is 2.68. The van der Waals surface area contributed by atoms with Crippen molar-refractivity contribution in [3.63, 3.8) is 0 Å². The van der Waals surface area contributed by atoms with Crippen molar-refractivity contribution < 1.29 is 13.2 Å². The number of nitrogens with zero attached hydrogens (tertiary/aromatic N) is 2. The monoisotopic (exact) mass is 537 g/mol. The summed E-state index contributed by atoms with van der Waals surface area (Å²) in [6.07, 6.45) is 1.09. The molecule has 0 spiro atoms. The molecule has 0 radical (unpaired) electrons. The molecule has 1 aromatic carbocycles. The van der Waals surface area contributed by atoms with Gasteiger partial charge in [-0.25, -0.2) is 12.7 Å². The van der Waals surface area contributed by atoms with E-state index in [-0.39, 0.29) is 41.6 Å². The topological polar surface area (TPSA) is 103 Å². The van der Waals surface area contributed by atoms with Crippen molar-refractivity contribution >= 4 is 51.6 Å². The molecule has 1 aromatic rings. The van der Waals surface area contributed by atoms with E-state index in [9.17, 15) is 13.2 Å². The molecule has 0 saturated heterocycles. The van der Waals surface area contributed by atoms with Crippen LogP contribution in [0.2, 0.25) is 0 Å². The third kappa shape index (κ3) is 7.74. The lowest BCUT2D eigenvalue weighted by Crippen LogP contribution is -2.39. The van der Waals surface area contributed by atoms with Crippen LogP contribution in [0.4, 0.5) is 5.69 Å². The van der Waals surface area contributed by atoms with Crippen LogP contribution < -0.4 is 16.0 Å². The first-order valence-corrected chi connectivity index (χ1v) is 11.3. The largest absolute Gasteiger partial charge is 0.357 e. The zero-order valence-electron chi connectivity index (χ0n) is 17.3. The summed E-state index contributed by atoms with van der Waals surface area (Å²) >= 11 is 0. The Bertz CT molecular complexity index is 801. The highest BCUT2D eigenvalue weighted by atomic mass is 127. The van der Waals surface area contributed by atoms with Gasteiger partial charge in [-0.3, -0.25) is 9.79 Å². The molecule has 1 atom stereocenters. The number of guanidine groups is 1. The Morgan fingerprint density at radius 1 is 1.28 bits per heavy atom. The minimum Gasteiger partial charge on any atom is -0.357 e. The van der Waals surface area contributed by atoms with Gasteiger partial charge in [0, 0.05) is 44.7 Å². The number of amides is 1. The van der Waals surface area contributed by atoms with E-state index >= 15 is 0 Å². The average molecular weight is 537 g/mol. The summed E-state index contributed by atoms with van der Waals surface area (Å²) in [5, 5.41) is 9.33. The molecule has 1 amide bonds. The number of carbonyl (C=O) groups excluding carboxylic acids is 1. The van der Waals surface area contributed by atoms with Crippen LogP contribution in [-0.4, -0.2) is 63.6 Å². The zero-order valence-corrected chi connectivity index (χ0v) is 20.4. The lowest BCUT2D eigenvalue weighted by Gasteiger charge is -2.24. The minimum absolute atomic E-state index is 0. The van der Waals surface area contributed by atoms with Crippen molar-refractivity contribution in [2.75, 3.05) is 44.3 Å². The van der Waals surface area contributed by atoms with Crippen LogP contribution in [-0.2, 0) is 14.8 Å². The molecule has 1 aliphatic heterocycles. The van der Waals surface area contributed by atoms with E-state index < -0.39 is 10.0 Å². The maximum absolute atomic E-state index is 11.9. The molecular weight excluding hydrogens is 505 g/mol. The van der Waals surface area contributed by atoms with E-state index in [2.05, 4.69) is 20.9 Å². The fraction of sp³-hybridized carbons (Fsp3) is 0.579. The van der Waals surface area contributed by atoms with Crippen molar-refractivity contribution in [1.29, 1.82) is 0 Å². The van der Waals surface area contributed by atoms with Gasteiger partial charge in [-0.2, -0.15) is 0 Å². The fourth-order valence-corrected chi connectivity index (χ4v) is 3.92. The quantitative estimate of drug-likeness (QED) is 0.194. The van der Waals surface area contributed by atoms with E-state index in [1.807, 2.05) is 31.2 Å². The number of para-hydroxylation sites is 1. The first-order chi connectivity index (χ1) is 13.4. The minimum atomic E-state index is -3.15. The van der Waals surface area contributed by atoms with Gasteiger partial charge in [0.1, 0.15) is 0 Å². The molecule has 0 fully saturated rings. The molecule has 1 aliphatic rings. The number of rotatable bonds is 9. The molecule has 164 valence electrons. The summed E-state index contributed by atoms with van der Waals surface area (Å²) in [5.74, 6) is 0.836. The third-order valence-electron chi connectivity index (χ3n) is 4.70. The predicted molar refractivity (Wildman–Crippen MR) is 129 cm³/mol. The van der Waals surface area contributed by atoms with E-state index in [4.69, 9.17) is 0 Å². The molecule has 1 heterocycles. The molecule has 0 bridgehead atoms. The maximum atomic E-state index is 11.9. The molecule has 1 unspecified atom stereocenters. The van der Waals surface area contributed by atoms with Crippen LogP contribution in [0.1, 0.15) is 38.2 Å². The summed E-state index contributed by atoms with van der Waals surface area (Å²) in [6.45, 7) is 5.92. The molecular formula is C19H32IN5O3S. The van der Waals surface area contributed by atoms with Gasteiger partial charge in [0.2, 0.25) is 15.9 Å². The number of hydrogen-bond acceptors (Lipinski definition) is 4. The molecule has 3 N–H and O–H groups in total. The first-order valence-electron chi connectivity index (χ1n) is 9.72. The Morgan fingerprint density at radius 3 is 2.69 bits per heavy atom. The highest BCUT2D eigenvalue weighted by Gasteiger charge is 2.24. The third-order valence-corrected chi connectivity index (χ3v) is 6.56. The van der Waals surface area contributed by atoms with Gasteiger partial charge in [0.15, 0.2) is 5.96 Å². The second kappa shape index (κ2) is 12.3. The normalized spacial score (nSPS) is 16.6. The summed E-state index contributed by atoms with van der Waals surface area (Å²) in [5.41, 5.74) is 1.96. The van der Waals surface area contributed by atoms with E-state index in [0.717, 1.165) is 17.8 Å². The number of fused-ring (bicyclic) bond motifs is 1. The number of halogens is 1. The summed E-state index contributed by atoms with van der Waals surface area (Å²) in [4.78, 5) is 16.6. The zero-order chi connectivity index (χ0) is 20.6. The molecule has 29 heavy (non-hydrogen) atoms.